The highest BCUT2D eigenvalue weighted by Crippen LogP contribution is 2.31. The van der Waals surface area contributed by atoms with Crippen LogP contribution in [0.1, 0.15) is 60.5 Å². The fraction of sp³-hybridized carbons (Fsp3) is 0.435. The normalized spacial score (nSPS) is 20.2. The van der Waals surface area contributed by atoms with Crippen molar-refractivity contribution in [2.24, 2.45) is 11.8 Å². The first-order valence-corrected chi connectivity index (χ1v) is 9.48. The van der Waals surface area contributed by atoms with Crippen LogP contribution in [0.4, 0.5) is 0 Å². The molecule has 0 aromatic heterocycles. The molecule has 132 valence electrons. The monoisotopic (exact) mass is 336 g/mol. The molecule has 3 rings (SSSR count). The van der Waals surface area contributed by atoms with Gasteiger partial charge in [-0.05, 0) is 61.4 Å². The molecule has 0 saturated heterocycles. The molecular weight excluding hydrogens is 308 g/mol. The Balaban J connectivity index is 1.51. The van der Waals surface area contributed by atoms with Crippen LogP contribution in [0.15, 0.2) is 48.5 Å². The molecule has 2 aromatic rings. The van der Waals surface area contributed by atoms with Crippen LogP contribution in [0.2, 0.25) is 0 Å². The minimum atomic E-state index is -0.295. The molecular formula is C23H28O2. The summed E-state index contributed by atoms with van der Waals surface area (Å²) in [5, 5.41) is 0. The van der Waals surface area contributed by atoms with Crippen LogP contribution in [0.25, 0.3) is 0 Å². The zero-order chi connectivity index (χ0) is 17.6. The van der Waals surface area contributed by atoms with E-state index < -0.39 is 0 Å². The zero-order valence-corrected chi connectivity index (χ0v) is 15.3. The molecule has 0 heterocycles. The van der Waals surface area contributed by atoms with Gasteiger partial charge in [-0.25, -0.2) is 4.79 Å². The van der Waals surface area contributed by atoms with Crippen molar-refractivity contribution in [1.29, 1.82) is 0 Å². The number of aryl methyl sites for hydroxylation is 2. The Hall–Kier alpha value is -2.09. The molecule has 2 nitrogen and oxygen atoms in total. The maximum Gasteiger partial charge on any atom is 0.343 e. The van der Waals surface area contributed by atoms with Crippen molar-refractivity contribution in [2.75, 3.05) is 0 Å². The average molecular weight is 336 g/mol. The van der Waals surface area contributed by atoms with Crippen LogP contribution < -0.4 is 4.74 Å². The van der Waals surface area contributed by atoms with E-state index in [2.05, 4.69) is 19.1 Å². The van der Waals surface area contributed by atoms with E-state index in [9.17, 15) is 4.79 Å². The summed E-state index contributed by atoms with van der Waals surface area (Å²) >= 11 is 0. The van der Waals surface area contributed by atoms with Crippen LogP contribution in [0.3, 0.4) is 0 Å². The summed E-state index contributed by atoms with van der Waals surface area (Å²) in [6.45, 7) is 4.38. The molecule has 0 spiro atoms. The number of hydrogen-bond acceptors (Lipinski definition) is 2. The third kappa shape index (κ3) is 5.19. The highest BCUT2D eigenvalue weighted by atomic mass is 16.5. The van der Waals surface area contributed by atoms with Crippen LogP contribution >= 0.6 is 0 Å². The van der Waals surface area contributed by atoms with Gasteiger partial charge in [-0.1, -0.05) is 62.4 Å². The van der Waals surface area contributed by atoms with Gasteiger partial charge in [0, 0.05) is 0 Å². The fourth-order valence-corrected chi connectivity index (χ4v) is 3.57. The summed E-state index contributed by atoms with van der Waals surface area (Å²) in [4.78, 5) is 12.2. The van der Waals surface area contributed by atoms with Gasteiger partial charge in [-0.2, -0.15) is 0 Å². The van der Waals surface area contributed by atoms with E-state index in [0.717, 1.165) is 23.8 Å². The largest absolute Gasteiger partial charge is 0.423 e. The molecule has 0 amide bonds. The second kappa shape index (κ2) is 8.33. The van der Waals surface area contributed by atoms with Crippen molar-refractivity contribution in [3.63, 3.8) is 0 Å². The maximum atomic E-state index is 12.2. The zero-order valence-electron chi connectivity index (χ0n) is 15.3. The molecule has 2 aromatic carbocycles. The van der Waals surface area contributed by atoms with Crippen LogP contribution in [0.5, 0.6) is 5.75 Å². The number of carbonyl (C=O) groups excluding carboxylic acids is 1. The molecule has 1 fully saturated rings. The summed E-state index contributed by atoms with van der Waals surface area (Å²) in [5.41, 5.74) is 3.07. The van der Waals surface area contributed by atoms with Crippen molar-refractivity contribution in [2.45, 2.75) is 52.4 Å². The van der Waals surface area contributed by atoms with E-state index in [1.165, 1.54) is 37.7 Å². The lowest BCUT2D eigenvalue weighted by atomic mass is 9.80. The number of hydrogen-bond donors (Lipinski definition) is 0. The van der Waals surface area contributed by atoms with Gasteiger partial charge in [0.1, 0.15) is 5.75 Å². The smallest absolute Gasteiger partial charge is 0.343 e. The Morgan fingerprint density at radius 1 is 0.960 bits per heavy atom. The van der Waals surface area contributed by atoms with Gasteiger partial charge in [0.25, 0.3) is 0 Å². The highest BCUT2D eigenvalue weighted by Gasteiger charge is 2.18. The standard InChI is InChI=1S/C23H28O2/c1-17-3-7-19(8-4-17)9-10-20-11-13-21(14-12-20)23(24)25-22-15-5-18(2)6-16-22/h5-6,11-17,19H,3-4,7-10H2,1-2H3. The molecule has 0 unspecified atom stereocenters. The topological polar surface area (TPSA) is 26.3 Å². The number of ether oxygens (including phenoxy) is 1. The second-order valence-electron chi connectivity index (χ2n) is 7.56. The summed E-state index contributed by atoms with van der Waals surface area (Å²) in [7, 11) is 0. The summed E-state index contributed by atoms with van der Waals surface area (Å²) < 4.78 is 5.42. The summed E-state index contributed by atoms with van der Waals surface area (Å²) in [6.07, 6.45) is 7.89. The van der Waals surface area contributed by atoms with Gasteiger partial charge in [0.05, 0.1) is 5.56 Å². The lowest BCUT2D eigenvalue weighted by molar-refractivity contribution is 0.0734. The number of carbonyl (C=O) groups is 1. The summed E-state index contributed by atoms with van der Waals surface area (Å²) in [6, 6.07) is 15.4. The Labute approximate surface area is 151 Å². The summed E-state index contributed by atoms with van der Waals surface area (Å²) in [5.74, 6) is 2.08. The molecule has 25 heavy (non-hydrogen) atoms. The van der Waals surface area contributed by atoms with Crippen molar-refractivity contribution in [3.8, 4) is 5.75 Å². The minimum Gasteiger partial charge on any atom is -0.423 e. The van der Waals surface area contributed by atoms with Gasteiger partial charge in [-0.15, -0.1) is 0 Å². The van der Waals surface area contributed by atoms with Crippen molar-refractivity contribution in [1.82, 2.24) is 0 Å². The van der Waals surface area contributed by atoms with Crippen LogP contribution in [0, 0.1) is 18.8 Å². The first kappa shape index (κ1) is 17.7. The molecule has 1 saturated carbocycles. The Bertz CT molecular complexity index is 677. The lowest BCUT2D eigenvalue weighted by Gasteiger charge is -2.26. The van der Waals surface area contributed by atoms with E-state index >= 15 is 0 Å². The molecule has 0 bridgehead atoms. The maximum absolute atomic E-state index is 12.2. The Morgan fingerprint density at radius 2 is 1.60 bits per heavy atom. The molecule has 0 radical (unpaired) electrons. The molecule has 1 aliphatic rings. The number of esters is 1. The predicted molar refractivity (Wildman–Crippen MR) is 102 cm³/mol. The number of rotatable bonds is 5. The van der Waals surface area contributed by atoms with Crippen LogP contribution in [-0.2, 0) is 6.42 Å². The van der Waals surface area contributed by atoms with Crippen molar-refractivity contribution in [3.05, 3.63) is 65.2 Å². The van der Waals surface area contributed by atoms with E-state index in [-0.39, 0.29) is 5.97 Å². The van der Waals surface area contributed by atoms with E-state index in [1.54, 1.807) is 0 Å². The second-order valence-corrected chi connectivity index (χ2v) is 7.56. The molecule has 1 aliphatic carbocycles. The SMILES string of the molecule is Cc1ccc(OC(=O)c2ccc(CCC3CCC(C)CC3)cc2)cc1. The van der Waals surface area contributed by atoms with Gasteiger partial charge >= 0.3 is 5.97 Å². The number of benzene rings is 2. The average Bonchev–Trinajstić information content (AvgIpc) is 2.63. The lowest BCUT2D eigenvalue weighted by Crippen LogP contribution is -2.13. The Kier molecular flexibility index (Phi) is 5.91. The third-order valence-electron chi connectivity index (χ3n) is 5.40. The van der Waals surface area contributed by atoms with Crippen molar-refractivity contribution >= 4 is 5.97 Å². The van der Waals surface area contributed by atoms with Crippen LogP contribution in [-0.4, -0.2) is 5.97 Å². The minimum absolute atomic E-state index is 0.295. The highest BCUT2D eigenvalue weighted by molar-refractivity contribution is 5.91. The fourth-order valence-electron chi connectivity index (χ4n) is 3.57. The molecule has 2 heteroatoms. The Morgan fingerprint density at radius 3 is 2.24 bits per heavy atom. The third-order valence-corrected chi connectivity index (χ3v) is 5.40. The van der Waals surface area contributed by atoms with E-state index in [1.807, 2.05) is 43.3 Å². The van der Waals surface area contributed by atoms with Gasteiger partial charge < -0.3 is 4.74 Å². The van der Waals surface area contributed by atoms with Crippen molar-refractivity contribution < 1.29 is 9.53 Å². The first-order chi connectivity index (χ1) is 12.1. The quantitative estimate of drug-likeness (QED) is 0.496. The first-order valence-electron chi connectivity index (χ1n) is 9.48. The van der Waals surface area contributed by atoms with Gasteiger partial charge in [0.15, 0.2) is 0 Å². The van der Waals surface area contributed by atoms with E-state index in [0.29, 0.717) is 11.3 Å². The van der Waals surface area contributed by atoms with Gasteiger partial charge in [-0.3, -0.25) is 0 Å². The molecule has 0 N–H and O–H groups in total. The van der Waals surface area contributed by atoms with Gasteiger partial charge in [0.2, 0.25) is 0 Å². The molecule has 0 aliphatic heterocycles. The van der Waals surface area contributed by atoms with E-state index in [4.69, 9.17) is 4.74 Å². The molecule has 0 atom stereocenters. The predicted octanol–water partition coefficient (Wildman–Crippen LogP) is 5.97.